The number of rotatable bonds is 4. The first kappa shape index (κ1) is 6.85. The van der Waals surface area contributed by atoms with E-state index < -0.39 is 13.4 Å². The fourth-order valence-electron chi connectivity index (χ4n) is 1.31. The van der Waals surface area contributed by atoms with Crippen LogP contribution in [0.1, 0.15) is 21.4 Å². The molecule has 0 radical (unpaired) electrons. The van der Waals surface area contributed by atoms with E-state index in [9.17, 15) is 4.79 Å². The summed E-state index contributed by atoms with van der Waals surface area (Å²) in [6.07, 6.45) is 0. The molecule has 0 spiro atoms. The Morgan fingerprint density at radius 2 is 2.47 bits per heavy atom. The van der Waals surface area contributed by atoms with Gasteiger partial charge < -0.3 is 14.8 Å². The molecule has 80 valence electrons. The van der Waals surface area contributed by atoms with Crippen molar-refractivity contribution in [3.05, 3.63) is 23.8 Å². The number of hydrogen-bond acceptors (Lipinski definition) is 4. The zero-order chi connectivity index (χ0) is 13.2. The van der Waals surface area contributed by atoms with Gasteiger partial charge in [0.25, 0.3) is 0 Å². The Balaban J connectivity index is 2.01. The molecule has 1 aromatic rings. The standard InChI is InChI=1S/C11H13NO3/c1-2-12-6-9(13)8-3-4-10-11(5-8)15-7-14-10/h3-5,12H,2,6-7H2,1H3/i1D,2D2. The molecule has 0 amide bonds. The lowest BCUT2D eigenvalue weighted by Gasteiger charge is -2.02. The minimum atomic E-state index is -1.86. The molecule has 0 aromatic heterocycles. The molecule has 1 aliphatic rings. The van der Waals surface area contributed by atoms with E-state index in [1.807, 2.05) is 0 Å². The molecule has 1 aromatic carbocycles. The summed E-state index contributed by atoms with van der Waals surface area (Å²) < 4.78 is 31.9. The van der Waals surface area contributed by atoms with Crippen LogP contribution < -0.4 is 14.8 Å². The Morgan fingerprint density at radius 3 is 3.33 bits per heavy atom. The molecule has 1 aliphatic heterocycles. The quantitative estimate of drug-likeness (QED) is 0.759. The monoisotopic (exact) mass is 210 g/mol. The van der Waals surface area contributed by atoms with Gasteiger partial charge in [-0.15, -0.1) is 0 Å². The van der Waals surface area contributed by atoms with Crippen molar-refractivity contribution in [1.29, 1.82) is 0 Å². The average Bonchev–Trinajstić information content (AvgIpc) is 2.83. The summed E-state index contributed by atoms with van der Waals surface area (Å²) in [5, 5.41) is 2.40. The summed E-state index contributed by atoms with van der Waals surface area (Å²) in [7, 11) is 0. The van der Waals surface area contributed by atoms with Gasteiger partial charge in [0, 0.05) is 9.68 Å². The lowest BCUT2D eigenvalue weighted by molar-refractivity contribution is 0.0991. The molecule has 0 fully saturated rings. The number of carbonyl (C=O) groups is 1. The van der Waals surface area contributed by atoms with E-state index in [4.69, 9.17) is 13.6 Å². The molecule has 15 heavy (non-hydrogen) atoms. The SMILES string of the molecule is [2H]CC([2H])([2H])NCC(=O)c1ccc2c(c1)OCO2. The summed E-state index contributed by atoms with van der Waals surface area (Å²) in [5.41, 5.74) is 0.424. The van der Waals surface area contributed by atoms with Gasteiger partial charge in [-0.2, -0.15) is 0 Å². The highest BCUT2D eigenvalue weighted by atomic mass is 16.7. The van der Waals surface area contributed by atoms with Gasteiger partial charge in [-0.05, 0) is 24.7 Å². The molecular weight excluding hydrogens is 194 g/mol. The molecule has 0 unspecified atom stereocenters. The molecule has 0 saturated carbocycles. The molecule has 4 heteroatoms. The lowest BCUT2D eigenvalue weighted by atomic mass is 10.1. The van der Waals surface area contributed by atoms with Crippen LogP contribution in [-0.2, 0) is 0 Å². The van der Waals surface area contributed by atoms with Crippen LogP contribution in [0.15, 0.2) is 18.2 Å². The highest BCUT2D eigenvalue weighted by Gasteiger charge is 2.15. The molecule has 0 bridgehead atoms. The zero-order valence-corrected chi connectivity index (χ0v) is 8.08. The number of hydrogen-bond donors (Lipinski definition) is 1. The second-order valence-corrected chi connectivity index (χ2v) is 3.02. The molecule has 1 heterocycles. The van der Waals surface area contributed by atoms with Gasteiger partial charge in [0.1, 0.15) is 0 Å². The molecule has 2 rings (SSSR count). The molecule has 4 nitrogen and oxygen atoms in total. The number of ether oxygens (including phenoxy) is 2. The highest BCUT2D eigenvalue weighted by Crippen LogP contribution is 2.32. The van der Waals surface area contributed by atoms with Crippen molar-refractivity contribution in [2.24, 2.45) is 0 Å². The zero-order valence-electron chi connectivity index (χ0n) is 11.1. The van der Waals surface area contributed by atoms with Crippen molar-refractivity contribution < 1.29 is 18.4 Å². The Bertz CT molecular complexity index is 465. The highest BCUT2D eigenvalue weighted by molar-refractivity contribution is 5.98. The Hall–Kier alpha value is -1.55. The smallest absolute Gasteiger partial charge is 0.231 e. The molecule has 0 saturated heterocycles. The van der Waals surface area contributed by atoms with Crippen molar-refractivity contribution in [1.82, 2.24) is 5.32 Å². The maximum absolute atomic E-state index is 11.8. The second kappa shape index (κ2) is 4.31. The van der Waals surface area contributed by atoms with Gasteiger partial charge >= 0.3 is 0 Å². The van der Waals surface area contributed by atoms with Gasteiger partial charge in [0.2, 0.25) is 6.79 Å². The van der Waals surface area contributed by atoms with Gasteiger partial charge in [-0.3, -0.25) is 4.79 Å². The Labute approximate surface area is 92.4 Å². The first-order valence-corrected chi connectivity index (χ1v) is 4.49. The minimum absolute atomic E-state index is 0.145. The third kappa shape index (κ3) is 2.10. The summed E-state index contributed by atoms with van der Waals surface area (Å²) in [4.78, 5) is 11.8. The van der Waals surface area contributed by atoms with Gasteiger partial charge in [-0.1, -0.05) is 6.90 Å². The van der Waals surface area contributed by atoms with E-state index in [0.29, 0.717) is 17.1 Å². The van der Waals surface area contributed by atoms with Crippen LogP contribution in [0.4, 0.5) is 0 Å². The van der Waals surface area contributed by atoms with Crippen molar-refractivity contribution >= 4 is 5.78 Å². The fraction of sp³-hybridized carbons (Fsp3) is 0.364. The predicted molar refractivity (Wildman–Crippen MR) is 55.4 cm³/mol. The predicted octanol–water partition coefficient (Wildman–Crippen LogP) is 1.21. The van der Waals surface area contributed by atoms with Crippen LogP contribution >= 0.6 is 0 Å². The summed E-state index contributed by atoms with van der Waals surface area (Å²) >= 11 is 0. The normalized spacial score (nSPS) is 16.7. The third-order valence-electron chi connectivity index (χ3n) is 2.07. The third-order valence-corrected chi connectivity index (χ3v) is 2.07. The van der Waals surface area contributed by atoms with Crippen LogP contribution in [0.5, 0.6) is 11.5 Å². The van der Waals surface area contributed by atoms with Crippen molar-refractivity contribution in [3.63, 3.8) is 0 Å². The number of ketones is 1. The van der Waals surface area contributed by atoms with Crippen molar-refractivity contribution in [2.45, 2.75) is 6.90 Å². The first-order valence-electron chi connectivity index (χ1n) is 6.20. The maximum atomic E-state index is 11.8. The molecule has 0 atom stereocenters. The van der Waals surface area contributed by atoms with Crippen LogP contribution in [0, 0.1) is 0 Å². The van der Waals surface area contributed by atoms with Crippen LogP contribution in [0.3, 0.4) is 0 Å². The van der Waals surface area contributed by atoms with Gasteiger partial charge in [0.05, 0.1) is 6.54 Å². The number of benzene rings is 1. The molecule has 0 aliphatic carbocycles. The molecule has 1 N–H and O–H groups in total. The van der Waals surface area contributed by atoms with E-state index in [1.54, 1.807) is 18.2 Å². The number of Topliss-reactive ketones (excluding diaryl/α,β-unsaturated/α-hetero) is 1. The maximum Gasteiger partial charge on any atom is 0.231 e. The Kier molecular flexibility index (Phi) is 1.97. The van der Waals surface area contributed by atoms with E-state index in [1.165, 1.54) is 0 Å². The fourth-order valence-corrected chi connectivity index (χ4v) is 1.31. The van der Waals surface area contributed by atoms with E-state index in [2.05, 4.69) is 5.32 Å². The molecular formula is C11H13NO3. The number of carbonyl (C=O) groups excluding carboxylic acids is 1. The summed E-state index contributed by atoms with van der Waals surface area (Å²) in [5.74, 6) is 0.857. The van der Waals surface area contributed by atoms with Crippen molar-refractivity contribution in [3.8, 4) is 11.5 Å². The number of fused-ring (bicyclic) bond motifs is 1. The van der Waals surface area contributed by atoms with Crippen LogP contribution in [-0.4, -0.2) is 25.6 Å². The average molecular weight is 210 g/mol. The van der Waals surface area contributed by atoms with Gasteiger partial charge in [0.15, 0.2) is 17.3 Å². The van der Waals surface area contributed by atoms with E-state index >= 15 is 0 Å². The summed E-state index contributed by atoms with van der Waals surface area (Å²) in [6, 6.07) is 4.82. The number of nitrogens with one attached hydrogen (secondary N) is 1. The van der Waals surface area contributed by atoms with Crippen LogP contribution in [0.25, 0.3) is 0 Å². The summed E-state index contributed by atoms with van der Waals surface area (Å²) in [6.45, 7) is -2.31. The Morgan fingerprint density at radius 1 is 1.60 bits per heavy atom. The van der Waals surface area contributed by atoms with Gasteiger partial charge in [-0.25, -0.2) is 0 Å². The van der Waals surface area contributed by atoms with Crippen LogP contribution in [0.2, 0.25) is 0 Å². The van der Waals surface area contributed by atoms with E-state index in [0.717, 1.165) is 0 Å². The lowest BCUT2D eigenvalue weighted by Crippen LogP contribution is -2.22. The topological polar surface area (TPSA) is 47.6 Å². The number of likely N-dealkylation sites (N-methyl/N-ethyl adjacent to an activating group) is 1. The minimum Gasteiger partial charge on any atom is -0.454 e. The largest absolute Gasteiger partial charge is 0.454 e. The second-order valence-electron chi connectivity index (χ2n) is 3.02. The van der Waals surface area contributed by atoms with Crippen molar-refractivity contribution in [2.75, 3.05) is 19.8 Å². The first-order chi connectivity index (χ1) is 8.52. The van der Waals surface area contributed by atoms with E-state index in [-0.39, 0.29) is 19.1 Å².